The van der Waals surface area contributed by atoms with Crippen LogP contribution in [0, 0.1) is 17.5 Å². The van der Waals surface area contributed by atoms with Gasteiger partial charge in [0.15, 0.2) is 17.5 Å². The highest BCUT2D eigenvalue weighted by Crippen LogP contribution is 2.24. The van der Waals surface area contributed by atoms with Gasteiger partial charge in [0, 0.05) is 16.5 Å². The van der Waals surface area contributed by atoms with Crippen LogP contribution < -0.4 is 0 Å². The number of hydrogen-bond acceptors (Lipinski definition) is 1. The van der Waals surface area contributed by atoms with Crippen molar-refractivity contribution in [3.8, 4) is 0 Å². The molecule has 0 radical (unpaired) electrons. The Morgan fingerprint density at radius 1 is 0.947 bits per heavy atom. The minimum Gasteiger partial charge on any atom is -0.388 e. The second-order valence-electron chi connectivity index (χ2n) is 4.11. The highest BCUT2D eigenvalue weighted by atomic mass is 79.9. The fourth-order valence-corrected chi connectivity index (χ4v) is 2.02. The van der Waals surface area contributed by atoms with Gasteiger partial charge in [-0.2, -0.15) is 0 Å². The minimum atomic E-state index is -1.56. The lowest BCUT2D eigenvalue weighted by molar-refractivity contribution is 0.172. The third-order valence-corrected chi connectivity index (χ3v) is 3.30. The van der Waals surface area contributed by atoms with Crippen LogP contribution in [0.3, 0.4) is 0 Å². The van der Waals surface area contributed by atoms with E-state index in [2.05, 4.69) is 15.9 Å². The van der Waals surface area contributed by atoms with Crippen molar-refractivity contribution in [1.29, 1.82) is 0 Å². The number of aliphatic hydroxyl groups is 1. The molecule has 0 bridgehead atoms. The second kappa shape index (κ2) is 5.75. The molecule has 1 nitrogen and oxygen atoms in total. The zero-order chi connectivity index (χ0) is 14.0. The Bertz CT molecular complexity index is 584. The summed E-state index contributed by atoms with van der Waals surface area (Å²) in [6.07, 6.45) is -1.11. The van der Waals surface area contributed by atoms with Crippen LogP contribution in [0.5, 0.6) is 0 Å². The van der Waals surface area contributed by atoms with Gasteiger partial charge in [0.1, 0.15) is 0 Å². The smallest absolute Gasteiger partial charge is 0.194 e. The third kappa shape index (κ3) is 3.16. The molecule has 0 saturated carbocycles. The quantitative estimate of drug-likeness (QED) is 0.838. The van der Waals surface area contributed by atoms with Crippen molar-refractivity contribution in [2.45, 2.75) is 12.5 Å². The van der Waals surface area contributed by atoms with Crippen molar-refractivity contribution < 1.29 is 18.3 Å². The van der Waals surface area contributed by atoms with Gasteiger partial charge >= 0.3 is 0 Å². The predicted octanol–water partition coefficient (Wildman–Crippen LogP) is 4.14. The van der Waals surface area contributed by atoms with Crippen LogP contribution in [-0.4, -0.2) is 5.11 Å². The van der Waals surface area contributed by atoms with Crippen molar-refractivity contribution in [2.24, 2.45) is 0 Å². The number of benzene rings is 2. The molecule has 0 heterocycles. The van der Waals surface area contributed by atoms with Crippen LogP contribution in [0.15, 0.2) is 40.9 Å². The first-order valence-electron chi connectivity index (χ1n) is 5.55. The molecule has 2 rings (SSSR count). The summed E-state index contributed by atoms with van der Waals surface area (Å²) in [5.74, 6) is -4.17. The topological polar surface area (TPSA) is 20.2 Å². The van der Waals surface area contributed by atoms with Gasteiger partial charge in [0.05, 0.1) is 6.10 Å². The van der Waals surface area contributed by atoms with E-state index in [4.69, 9.17) is 0 Å². The Kier molecular flexibility index (Phi) is 4.27. The Labute approximate surface area is 116 Å². The first-order valence-corrected chi connectivity index (χ1v) is 6.34. The van der Waals surface area contributed by atoms with Gasteiger partial charge < -0.3 is 5.11 Å². The van der Waals surface area contributed by atoms with E-state index in [1.807, 2.05) is 0 Å². The largest absolute Gasteiger partial charge is 0.388 e. The molecule has 0 spiro atoms. The van der Waals surface area contributed by atoms with Crippen LogP contribution in [0.25, 0.3) is 0 Å². The number of aliphatic hydroxyl groups excluding tert-OH is 1. The Balaban J connectivity index is 2.23. The molecule has 19 heavy (non-hydrogen) atoms. The van der Waals surface area contributed by atoms with Crippen LogP contribution in [0.2, 0.25) is 0 Å². The zero-order valence-corrected chi connectivity index (χ0v) is 11.3. The summed E-state index contributed by atoms with van der Waals surface area (Å²) in [6, 6.07) is 8.93. The maximum absolute atomic E-state index is 13.5. The van der Waals surface area contributed by atoms with Crippen molar-refractivity contribution in [2.75, 3.05) is 0 Å². The molecule has 0 aliphatic carbocycles. The monoisotopic (exact) mass is 330 g/mol. The second-order valence-corrected chi connectivity index (χ2v) is 5.03. The minimum absolute atomic E-state index is 0.120. The van der Waals surface area contributed by atoms with E-state index >= 15 is 0 Å². The molecular formula is C14H10BrF3O. The molecule has 1 unspecified atom stereocenters. The van der Waals surface area contributed by atoms with Crippen molar-refractivity contribution in [1.82, 2.24) is 0 Å². The number of hydrogen-bond donors (Lipinski definition) is 1. The average Bonchev–Trinajstić information content (AvgIpc) is 2.39. The number of rotatable bonds is 3. The fraction of sp³-hybridized carbons (Fsp3) is 0.143. The molecule has 0 aliphatic rings. The van der Waals surface area contributed by atoms with Gasteiger partial charge in [-0.1, -0.05) is 34.1 Å². The molecular weight excluding hydrogens is 321 g/mol. The lowest BCUT2D eigenvalue weighted by Crippen LogP contribution is -2.07. The van der Waals surface area contributed by atoms with E-state index in [1.165, 1.54) is 0 Å². The summed E-state index contributed by atoms with van der Waals surface area (Å²) in [6.45, 7) is 0. The van der Waals surface area contributed by atoms with Crippen molar-refractivity contribution in [3.63, 3.8) is 0 Å². The zero-order valence-electron chi connectivity index (χ0n) is 9.71. The average molecular weight is 331 g/mol. The van der Waals surface area contributed by atoms with Crippen molar-refractivity contribution >= 4 is 15.9 Å². The lowest BCUT2D eigenvalue weighted by atomic mass is 10.0. The van der Waals surface area contributed by atoms with E-state index in [-0.39, 0.29) is 12.0 Å². The molecule has 1 atom stereocenters. The number of halogens is 4. The first kappa shape index (κ1) is 14.1. The van der Waals surface area contributed by atoms with Crippen LogP contribution >= 0.6 is 15.9 Å². The standard InChI is InChI=1S/C14H10BrF3O/c15-9-3-1-8(2-4-9)7-12(19)10-5-6-11(16)14(18)13(10)17/h1-6,12,19H,7H2. The maximum atomic E-state index is 13.5. The summed E-state index contributed by atoms with van der Waals surface area (Å²) in [5, 5.41) is 9.90. The molecule has 2 aromatic rings. The van der Waals surface area contributed by atoms with Crippen LogP contribution in [0.1, 0.15) is 17.2 Å². The van der Waals surface area contributed by atoms with Gasteiger partial charge in [0.2, 0.25) is 0 Å². The summed E-state index contributed by atoms with van der Waals surface area (Å²) in [5.41, 5.74) is 0.515. The van der Waals surface area contributed by atoms with E-state index in [9.17, 15) is 18.3 Å². The molecule has 0 aromatic heterocycles. The van der Waals surface area contributed by atoms with Crippen molar-refractivity contribution in [3.05, 3.63) is 69.4 Å². The lowest BCUT2D eigenvalue weighted by Gasteiger charge is -2.12. The molecule has 0 saturated heterocycles. The van der Waals surface area contributed by atoms with E-state index in [0.717, 1.165) is 22.2 Å². The highest BCUT2D eigenvalue weighted by molar-refractivity contribution is 9.10. The van der Waals surface area contributed by atoms with Gasteiger partial charge in [-0.15, -0.1) is 0 Å². The summed E-state index contributed by atoms with van der Waals surface area (Å²) in [4.78, 5) is 0. The van der Waals surface area contributed by atoms with Gasteiger partial charge in [-0.25, -0.2) is 13.2 Å². The summed E-state index contributed by atoms with van der Waals surface area (Å²) >= 11 is 3.27. The molecule has 100 valence electrons. The highest BCUT2D eigenvalue weighted by Gasteiger charge is 2.19. The predicted molar refractivity (Wildman–Crippen MR) is 69.1 cm³/mol. The molecule has 0 aliphatic heterocycles. The first-order chi connectivity index (χ1) is 8.99. The summed E-state index contributed by atoms with van der Waals surface area (Å²) < 4.78 is 40.2. The van der Waals surface area contributed by atoms with E-state index < -0.39 is 23.6 Å². The Morgan fingerprint density at radius 3 is 2.21 bits per heavy atom. The van der Waals surface area contributed by atoms with Gasteiger partial charge in [-0.3, -0.25) is 0 Å². The molecule has 0 fully saturated rings. The normalized spacial score (nSPS) is 12.5. The SMILES string of the molecule is OC(Cc1ccc(Br)cc1)c1ccc(F)c(F)c1F. The fourth-order valence-electron chi connectivity index (χ4n) is 1.75. The van der Waals surface area contributed by atoms with Gasteiger partial charge in [-0.05, 0) is 23.8 Å². The third-order valence-electron chi connectivity index (χ3n) is 2.77. The molecule has 1 N–H and O–H groups in total. The molecule has 2 aromatic carbocycles. The molecule has 0 amide bonds. The Morgan fingerprint density at radius 2 is 1.58 bits per heavy atom. The van der Waals surface area contributed by atoms with E-state index in [1.54, 1.807) is 24.3 Å². The van der Waals surface area contributed by atoms with Gasteiger partial charge in [0.25, 0.3) is 0 Å². The van der Waals surface area contributed by atoms with Crippen LogP contribution in [-0.2, 0) is 6.42 Å². The molecule has 5 heteroatoms. The summed E-state index contributed by atoms with van der Waals surface area (Å²) in [7, 11) is 0. The van der Waals surface area contributed by atoms with Crippen LogP contribution in [0.4, 0.5) is 13.2 Å². The Hall–Kier alpha value is -1.33. The maximum Gasteiger partial charge on any atom is 0.194 e. The van der Waals surface area contributed by atoms with E-state index in [0.29, 0.717) is 0 Å².